The molecule has 2 amide bonds. The molecule has 0 bridgehead atoms. The van der Waals surface area contributed by atoms with E-state index in [-0.39, 0.29) is 91.2 Å². The zero-order chi connectivity index (χ0) is 44.9. The van der Waals surface area contributed by atoms with Crippen LogP contribution in [-0.2, 0) is 47.7 Å². The first-order valence-corrected chi connectivity index (χ1v) is 22.6. The van der Waals surface area contributed by atoms with E-state index in [0.29, 0.717) is 65.4 Å². The Labute approximate surface area is 379 Å². The van der Waals surface area contributed by atoms with Gasteiger partial charge in [-0.15, -0.1) is 0 Å². The molecule has 0 heterocycles. The smallest absolute Gasteiger partial charge is 0.306 e. The minimum Gasteiger partial charge on any atom is -1.00 e. The van der Waals surface area contributed by atoms with Crippen molar-refractivity contribution in [2.24, 2.45) is 0 Å². The second-order valence-electron chi connectivity index (χ2n) is 16.3. The molecule has 0 aliphatic carbocycles. The van der Waals surface area contributed by atoms with E-state index in [1.807, 2.05) is 9.80 Å². The maximum absolute atomic E-state index is 13.0. The maximum atomic E-state index is 13.0. The zero-order valence-electron chi connectivity index (χ0n) is 39.2. The van der Waals surface area contributed by atoms with Gasteiger partial charge in [0.15, 0.2) is 0 Å². The lowest BCUT2D eigenvalue weighted by Crippen LogP contribution is -3.00. The largest absolute Gasteiger partial charge is 1.00 e. The molecule has 17 heteroatoms. The fourth-order valence-electron chi connectivity index (χ4n) is 6.72. The highest BCUT2D eigenvalue weighted by atomic mass is 79.9. The Morgan fingerprint density at radius 2 is 0.705 bits per heavy atom. The third-order valence-corrected chi connectivity index (χ3v) is 10.9. The van der Waals surface area contributed by atoms with Gasteiger partial charge in [-0.2, -0.15) is 0 Å². The Morgan fingerprint density at radius 1 is 0.410 bits per heavy atom. The van der Waals surface area contributed by atoms with Crippen molar-refractivity contribution < 1.29 is 69.2 Å². The number of ether oxygens (including phenoxy) is 4. The molecule has 0 atom stereocenters. The molecular weight excluding hydrogens is 852 g/mol. The van der Waals surface area contributed by atoms with Gasteiger partial charge in [-0.3, -0.25) is 33.7 Å². The monoisotopic (exact) mass is 937 g/mol. The molecule has 0 radical (unpaired) electrons. The van der Waals surface area contributed by atoms with Crippen LogP contribution in [0.1, 0.15) is 122 Å². The summed E-state index contributed by atoms with van der Waals surface area (Å²) in [6, 6.07) is 0. The second kappa shape index (κ2) is 40.0. The Morgan fingerprint density at radius 3 is 1.03 bits per heavy atom. The number of nitrogens with zero attached hydrogens (tertiary/aromatic N) is 4. The number of carbonyl (C=O) groups excluding carboxylic acids is 6. The van der Waals surface area contributed by atoms with E-state index in [2.05, 4.69) is 36.6 Å². The van der Waals surface area contributed by atoms with Crippen molar-refractivity contribution in [1.29, 1.82) is 0 Å². The van der Waals surface area contributed by atoms with E-state index < -0.39 is 0 Å². The molecule has 0 saturated heterocycles. The van der Waals surface area contributed by atoms with Gasteiger partial charge in [-0.25, -0.2) is 0 Å². The number of quaternary nitrogens is 1. The fraction of sp³-hybridized carbons (Fsp3) is 0.864. The first-order valence-electron chi connectivity index (χ1n) is 22.6. The van der Waals surface area contributed by atoms with E-state index in [1.165, 1.54) is 105 Å². The minimum atomic E-state index is -0.347. The second-order valence-corrected chi connectivity index (χ2v) is 16.3. The van der Waals surface area contributed by atoms with Gasteiger partial charge in [0.25, 0.3) is 0 Å². The molecule has 0 aromatic carbocycles. The summed E-state index contributed by atoms with van der Waals surface area (Å²) in [6.07, 6.45) is 17.0. The van der Waals surface area contributed by atoms with Crippen LogP contribution in [-0.4, -0.2) is 182 Å². The number of unbranched alkanes of at least 4 members (excludes halogenated alkanes) is 11. The van der Waals surface area contributed by atoms with E-state index in [4.69, 9.17) is 18.9 Å². The minimum absolute atomic E-state index is 0. The SMILES string of the molecule is CCCCCCCCCCCCCC[N+](C)(C)CCN(CCC(=O)NCCN(CCC(=O)OC)CCC(=O)OC)CCC(=O)NCCN(CCC(=O)OC)CCC(=O)OC.[Br-]. The normalized spacial score (nSPS) is 11.3. The Kier molecular flexibility index (Phi) is 39.4. The molecule has 0 spiro atoms. The average Bonchev–Trinajstić information content (AvgIpc) is 3.24. The van der Waals surface area contributed by atoms with Crippen LogP contribution in [0.15, 0.2) is 0 Å². The standard InChI is InChI=1S/C44H84N6O10.BrH/c1-8-9-10-11-12-13-14-15-16-17-18-19-37-50(2,3)38-36-49(28-20-39(51)45-26-34-47(30-22-41(53)57-4)31-23-42(54)58-5)29-21-40(52)46-27-35-48(32-24-43(55)59-6)33-25-44(56)60-7;/h8-38H2,1-7H3,(H-,45,46,51,52);1H. The van der Waals surface area contributed by atoms with E-state index in [0.717, 1.165) is 24.1 Å². The number of halogens is 1. The Hall–Kier alpha value is -2.86. The highest BCUT2D eigenvalue weighted by Gasteiger charge is 2.19. The number of methoxy groups -OCH3 is 4. The predicted molar refractivity (Wildman–Crippen MR) is 234 cm³/mol. The molecule has 0 rings (SSSR count). The highest BCUT2D eigenvalue weighted by Crippen LogP contribution is 2.13. The number of rotatable bonds is 40. The average molecular weight is 938 g/mol. The van der Waals surface area contributed by atoms with Crippen molar-refractivity contribution >= 4 is 35.7 Å². The number of amides is 2. The summed E-state index contributed by atoms with van der Waals surface area (Å²) in [4.78, 5) is 78.9. The summed E-state index contributed by atoms with van der Waals surface area (Å²) in [5.41, 5.74) is 0. The maximum Gasteiger partial charge on any atom is 0.306 e. The third-order valence-electron chi connectivity index (χ3n) is 10.9. The summed E-state index contributed by atoms with van der Waals surface area (Å²) in [7, 11) is 9.82. The van der Waals surface area contributed by atoms with Gasteiger partial charge in [0.2, 0.25) is 11.8 Å². The number of carbonyl (C=O) groups is 6. The van der Waals surface area contributed by atoms with E-state index in [1.54, 1.807) is 0 Å². The summed E-state index contributed by atoms with van der Waals surface area (Å²) in [5.74, 6) is -1.62. The van der Waals surface area contributed by atoms with Crippen molar-refractivity contribution in [3.63, 3.8) is 0 Å². The first kappa shape index (κ1) is 60.2. The van der Waals surface area contributed by atoms with E-state index in [9.17, 15) is 28.8 Å². The lowest BCUT2D eigenvalue weighted by molar-refractivity contribution is -0.890. The van der Waals surface area contributed by atoms with Gasteiger partial charge in [-0.1, -0.05) is 71.1 Å². The van der Waals surface area contributed by atoms with Crippen molar-refractivity contribution in [1.82, 2.24) is 25.3 Å². The zero-order valence-corrected chi connectivity index (χ0v) is 40.8. The van der Waals surface area contributed by atoms with Gasteiger partial charge in [0.05, 0.1) is 81.3 Å². The lowest BCUT2D eigenvalue weighted by Gasteiger charge is -2.33. The first-order chi connectivity index (χ1) is 28.8. The number of nitrogens with one attached hydrogen (secondary N) is 2. The van der Waals surface area contributed by atoms with Crippen molar-refractivity contribution in [3.05, 3.63) is 0 Å². The van der Waals surface area contributed by atoms with Gasteiger partial charge in [-0.05, 0) is 12.8 Å². The van der Waals surface area contributed by atoms with Gasteiger partial charge >= 0.3 is 23.9 Å². The van der Waals surface area contributed by atoms with Crippen LogP contribution >= 0.6 is 0 Å². The number of esters is 4. The van der Waals surface area contributed by atoms with Crippen LogP contribution < -0.4 is 27.6 Å². The number of likely N-dealkylation sites (N-methyl/N-ethyl adjacent to an activating group) is 1. The van der Waals surface area contributed by atoms with Crippen molar-refractivity contribution in [3.8, 4) is 0 Å². The fourth-order valence-corrected chi connectivity index (χ4v) is 6.72. The third kappa shape index (κ3) is 37.4. The molecule has 0 aromatic heterocycles. The summed E-state index contributed by atoms with van der Waals surface area (Å²) in [6.45, 7) is 9.08. The van der Waals surface area contributed by atoms with Crippen LogP contribution in [0.4, 0.5) is 0 Å². The molecule has 2 N–H and O–H groups in total. The Bertz CT molecular complexity index is 1080. The van der Waals surface area contributed by atoms with Crippen molar-refractivity contribution in [2.45, 2.75) is 122 Å². The Balaban J connectivity index is 0. The molecule has 0 saturated carbocycles. The molecule has 358 valence electrons. The predicted octanol–water partition coefficient (Wildman–Crippen LogP) is 0.939. The quantitative estimate of drug-likeness (QED) is 0.0386. The van der Waals surface area contributed by atoms with Gasteiger partial charge in [0, 0.05) is 84.8 Å². The molecule has 61 heavy (non-hydrogen) atoms. The summed E-state index contributed by atoms with van der Waals surface area (Å²) in [5, 5.41) is 5.94. The molecule has 0 aliphatic rings. The summed E-state index contributed by atoms with van der Waals surface area (Å²) < 4.78 is 19.9. The van der Waals surface area contributed by atoms with Crippen LogP contribution in [0.25, 0.3) is 0 Å². The van der Waals surface area contributed by atoms with Gasteiger partial charge < -0.3 is 60.8 Å². The van der Waals surface area contributed by atoms with E-state index >= 15 is 0 Å². The van der Waals surface area contributed by atoms with Crippen LogP contribution in [0.3, 0.4) is 0 Å². The lowest BCUT2D eigenvalue weighted by atomic mass is 10.1. The number of hydrogen-bond donors (Lipinski definition) is 2. The van der Waals surface area contributed by atoms with Crippen LogP contribution in [0, 0.1) is 0 Å². The molecule has 0 unspecified atom stereocenters. The molecule has 16 nitrogen and oxygen atoms in total. The summed E-state index contributed by atoms with van der Waals surface area (Å²) >= 11 is 0. The molecule has 0 aliphatic heterocycles. The van der Waals surface area contributed by atoms with Crippen LogP contribution in [0.2, 0.25) is 0 Å². The highest BCUT2D eigenvalue weighted by molar-refractivity contribution is 5.76. The van der Waals surface area contributed by atoms with Crippen LogP contribution in [0.5, 0.6) is 0 Å². The number of hydrogen-bond acceptors (Lipinski definition) is 13. The molecule has 0 fully saturated rings. The van der Waals surface area contributed by atoms with Gasteiger partial charge in [0.1, 0.15) is 0 Å². The topological polar surface area (TPSA) is 173 Å². The molecular formula is C44H85BrN6O10. The molecule has 0 aromatic rings. The van der Waals surface area contributed by atoms with Crippen molar-refractivity contribution in [2.75, 3.05) is 128 Å².